The smallest absolute Gasteiger partial charge is 0.204 e. The number of aromatic hydroxyl groups is 2. The fourth-order valence-corrected chi connectivity index (χ4v) is 5.94. The number of methoxy groups -OCH3 is 5. The molecule has 0 spiro atoms. The molecule has 6 atom stereocenters. The van der Waals surface area contributed by atoms with Crippen LogP contribution in [0, 0.1) is 11.8 Å². The normalized spacial score (nSPS) is 22.2. The number of fused-ring (bicyclic) bond motifs is 1. The summed E-state index contributed by atoms with van der Waals surface area (Å²) in [5.74, 6) is 1.47. The van der Waals surface area contributed by atoms with E-state index in [4.69, 9.17) is 37.9 Å². The lowest BCUT2D eigenvalue weighted by Gasteiger charge is -2.26. The molecule has 0 amide bonds. The number of phenols is 2. The third kappa shape index (κ3) is 5.73. The number of phenolic OH excluding ortho intramolecular Hbond substituents is 2. The van der Waals surface area contributed by atoms with Gasteiger partial charge in [-0.15, -0.1) is 0 Å². The molecule has 2 heterocycles. The molecule has 2 aliphatic heterocycles. The first kappa shape index (κ1) is 31.3. The number of benzene rings is 3. The van der Waals surface area contributed by atoms with Crippen molar-refractivity contribution >= 4 is 0 Å². The third-order valence-electron chi connectivity index (χ3n) is 8.25. The topological polar surface area (TPSA) is 155 Å². The van der Waals surface area contributed by atoms with Gasteiger partial charge < -0.3 is 58.3 Å². The first-order valence-electron chi connectivity index (χ1n) is 14.0. The molecule has 5 rings (SSSR count). The van der Waals surface area contributed by atoms with E-state index in [9.17, 15) is 20.4 Å². The van der Waals surface area contributed by atoms with E-state index in [0.29, 0.717) is 41.8 Å². The standard InChI is InChI=1S/C32H38O12/c1-37-22-8-16(6-7-21(22)34)28(35)27(13-33)44-32-25(40-4)11-18(12-26(32)41-5)31-20-15-42-30(19(20)14-43-31)17-9-23(38-2)29(36)24(10-17)39-3/h6-12,19-20,27-28,30-31,33-36H,13-15H2,1-5H3/t19-,20-,27+,28+,30+,31+/m1/s1. The largest absolute Gasteiger partial charge is 0.504 e. The minimum Gasteiger partial charge on any atom is -0.504 e. The number of hydrogen-bond donors (Lipinski definition) is 4. The highest BCUT2D eigenvalue weighted by Crippen LogP contribution is 2.53. The van der Waals surface area contributed by atoms with Crippen LogP contribution in [-0.4, -0.2) is 81.9 Å². The molecule has 0 unspecified atom stereocenters. The van der Waals surface area contributed by atoms with Crippen LogP contribution in [0.3, 0.4) is 0 Å². The van der Waals surface area contributed by atoms with E-state index in [1.807, 2.05) is 0 Å². The van der Waals surface area contributed by atoms with Gasteiger partial charge in [-0.1, -0.05) is 6.07 Å². The average Bonchev–Trinajstić information content (AvgIpc) is 3.66. The summed E-state index contributed by atoms with van der Waals surface area (Å²) in [7, 11) is 7.33. The van der Waals surface area contributed by atoms with Crippen molar-refractivity contribution in [3.63, 3.8) is 0 Å². The van der Waals surface area contributed by atoms with Crippen LogP contribution >= 0.6 is 0 Å². The van der Waals surface area contributed by atoms with Crippen LogP contribution in [0.4, 0.5) is 0 Å². The second-order valence-electron chi connectivity index (χ2n) is 10.6. The lowest BCUT2D eigenvalue weighted by Crippen LogP contribution is -2.29. The fourth-order valence-electron chi connectivity index (χ4n) is 5.94. The lowest BCUT2D eigenvalue weighted by molar-refractivity contribution is -0.00197. The first-order chi connectivity index (χ1) is 21.3. The molecule has 0 aromatic heterocycles. The molecule has 0 aliphatic carbocycles. The van der Waals surface area contributed by atoms with Gasteiger partial charge in [0.25, 0.3) is 0 Å². The van der Waals surface area contributed by atoms with Gasteiger partial charge in [0.15, 0.2) is 40.6 Å². The third-order valence-corrected chi connectivity index (χ3v) is 8.25. The average molecular weight is 615 g/mol. The summed E-state index contributed by atoms with van der Waals surface area (Å²) >= 11 is 0. The monoisotopic (exact) mass is 614 g/mol. The van der Waals surface area contributed by atoms with Gasteiger partial charge in [0.1, 0.15) is 6.10 Å². The first-order valence-corrected chi connectivity index (χ1v) is 14.0. The Morgan fingerprint density at radius 3 is 1.64 bits per heavy atom. The van der Waals surface area contributed by atoms with Crippen molar-refractivity contribution in [2.45, 2.75) is 24.4 Å². The Morgan fingerprint density at radius 2 is 1.18 bits per heavy atom. The zero-order valence-corrected chi connectivity index (χ0v) is 25.2. The quantitative estimate of drug-likeness (QED) is 0.235. The Bertz CT molecular complexity index is 1410. The summed E-state index contributed by atoms with van der Waals surface area (Å²) in [6.07, 6.45) is -3.02. The van der Waals surface area contributed by atoms with E-state index >= 15 is 0 Å². The van der Waals surface area contributed by atoms with Gasteiger partial charge in [-0.3, -0.25) is 0 Å². The van der Waals surface area contributed by atoms with Gasteiger partial charge in [0, 0.05) is 11.8 Å². The molecule has 0 saturated carbocycles. The lowest BCUT2D eigenvalue weighted by atomic mass is 9.84. The minimum absolute atomic E-state index is 0.00321. The van der Waals surface area contributed by atoms with Crippen LogP contribution in [0.2, 0.25) is 0 Å². The summed E-state index contributed by atoms with van der Waals surface area (Å²) in [4.78, 5) is 0. The summed E-state index contributed by atoms with van der Waals surface area (Å²) in [5.41, 5.74) is 1.97. The predicted molar refractivity (Wildman–Crippen MR) is 156 cm³/mol. The van der Waals surface area contributed by atoms with Crippen molar-refractivity contribution in [3.8, 4) is 46.0 Å². The second-order valence-corrected chi connectivity index (χ2v) is 10.6. The highest BCUT2D eigenvalue weighted by Gasteiger charge is 2.48. The van der Waals surface area contributed by atoms with Gasteiger partial charge in [-0.2, -0.15) is 0 Å². The van der Waals surface area contributed by atoms with Crippen molar-refractivity contribution in [3.05, 3.63) is 59.2 Å². The molecule has 4 N–H and O–H groups in total. The van der Waals surface area contributed by atoms with Crippen LogP contribution in [0.15, 0.2) is 42.5 Å². The zero-order chi connectivity index (χ0) is 31.5. The Labute approximate surface area is 255 Å². The van der Waals surface area contributed by atoms with Crippen LogP contribution < -0.4 is 28.4 Å². The molecule has 0 radical (unpaired) electrons. The van der Waals surface area contributed by atoms with Gasteiger partial charge in [0.2, 0.25) is 11.5 Å². The van der Waals surface area contributed by atoms with Gasteiger partial charge in [0.05, 0.1) is 67.6 Å². The Morgan fingerprint density at radius 1 is 0.705 bits per heavy atom. The molecule has 238 valence electrons. The van der Waals surface area contributed by atoms with Crippen molar-refractivity contribution in [1.82, 2.24) is 0 Å². The summed E-state index contributed by atoms with van der Waals surface area (Å²) in [5, 5.41) is 41.5. The van der Waals surface area contributed by atoms with Gasteiger partial charge in [-0.05, 0) is 53.1 Å². The van der Waals surface area contributed by atoms with E-state index in [0.717, 1.165) is 11.1 Å². The zero-order valence-electron chi connectivity index (χ0n) is 25.2. The van der Waals surface area contributed by atoms with Crippen molar-refractivity contribution in [2.75, 3.05) is 55.4 Å². The number of aliphatic hydroxyl groups excluding tert-OH is 2. The van der Waals surface area contributed by atoms with Crippen LogP contribution in [0.1, 0.15) is 35.0 Å². The van der Waals surface area contributed by atoms with Crippen LogP contribution in [0.25, 0.3) is 0 Å². The highest BCUT2D eigenvalue weighted by molar-refractivity contribution is 5.55. The number of ether oxygens (including phenoxy) is 8. The molecule has 0 bridgehead atoms. The summed E-state index contributed by atoms with van der Waals surface area (Å²) in [6.45, 7) is 0.339. The molecular weight excluding hydrogens is 576 g/mol. The summed E-state index contributed by atoms with van der Waals surface area (Å²) < 4.78 is 45.8. The maximum Gasteiger partial charge on any atom is 0.204 e. The molecule has 2 aliphatic rings. The Hall–Kier alpha value is -4.10. The molecule has 2 fully saturated rings. The van der Waals surface area contributed by atoms with Gasteiger partial charge >= 0.3 is 0 Å². The minimum atomic E-state index is -1.27. The Kier molecular flexibility index (Phi) is 9.45. The van der Waals surface area contributed by atoms with Crippen molar-refractivity contribution in [2.24, 2.45) is 11.8 Å². The van der Waals surface area contributed by atoms with Gasteiger partial charge in [-0.25, -0.2) is 0 Å². The maximum absolute atomic E-state index is 11.0. The molecule has 44 heavy (non-hydrogen) atoms. The van der Waals surface area contributed by atoms with Crippen LogP contribution in [-0.2, 0) is 9.47 Å². The molecule has 12 nitrogen and oxygen atoms in total. The molecule has 3 aromatic rings. The summed E-state index contributed by atoms with van der Waals surface area (Å²) in [6, 6.07) is 11.4. The van der Waals surface area contributed by atoms with E-state index in [1.54, 1.807) is 24.3 Å². The van der Waals surface area contributed by atoms with Crippen molar-refractivity contribution < 1.29 is 58.3 Å². The highest BCUT2D eigenvalue weighted by atomic mass is 16.6. The molecule has 3 aromatic carbocycles. The predicted octanol–water partition coefficient (Wildman–Crippen LogP) is 3.69. The van der Waals surface area contributed by atoms with E-state index in [1.165, 1.54) is 53.7 Å². The SMILES string of the molecule is COc1cc([C@H](O)[C@H](CO)Oc2c(OC)cc([C@@H]3OC[C@@H]4[C@H]3CO[C@H]4c3cc(OC)c(O)c(OC)c3)cc2OC)ccc1O. The maximum atomic E-state index is 11.0. The molecule has 2 saturated heterocycles. The van der Waals surface area contributed by atoms with E-state index in [-0.39, 0.29) is 47.0 Å². The number of aliphatic hydroxyl groups is 2. The van der Waals surface area contributed by atoms with Crippen molar-refractivity contribution in [1.29, 1.82) is 0 Å². The number of rotatable bonds is 12. The van der Waals surface area contributed by atoms with E-state index < -0.39 is 18.8 Å². The fraction of sp³-hybridized carbons (Fsp3) is 0.438. The molecule has 12 heteroatoms. The molecular formula is C32H38O12. The van der Waals surface area contributed by atoms with Crippen LogP contribution in [0.5, 0.6) is 46.0 Å². The second kappa shape index (κ2) is 13.3. The Balaban J connectivity index is 1.40. The number of hydrogen-bond acceptors (Lipinski definition) is 12. The van der Waals surface area contributed by atoms with E-state index in [2.05, 4.69) is 0 Å².